The molecule has 1 saturated heterocycles. The molecule has 5 nitrogen and oxygen atoms in total. The number of fused-ring (bicyclic) bond motifs is 1. The number of carbonyl (C=O) groups is 2. The van der Waals surface area contributed by atoms with Crippen LogP contribution in [0.4, 0.5) is 5.82 Å². The Kier molecular flexibility index (Phi) is 5.51. The van der Waals surface area contributed by atoms with Crippen molar-refractivity contribution in [2.45, 2.75) is 38.0 Å². The van der Waals surface area contributed by atoms with Gasteiger partial charge < -0.3 is 10.2 Å². The van der Waals surface area contributed by atoms with Gasteiger partial charge in [-0.3, -0.25) is 9.59 Å². The fraction of sp³-hybridized carbons (Fsp3) is 0.348. The van der Waals surface area contributed by atoms with Gasteiger partial charge in [0, 0.05) is 31.8 Å². The third kappa shape index (κ3) is 4.30. The van der Waals surface area contributed by atoms with E-state index in [-0.39, 0.29) is 11.8 Å². The highest BCUT2D eigenvalue weighted by Gasteiger charge is 2.20. The quantitative estimate of drug-likeness (QED) is 0.831. The van der Waals surface area contributed by atoms with Gasteiger partial charge in [-0.25, -0.2) is 4.98 Å². The number of likely N-dealkylation sites (tertiary alicyclic amines) is 1. The average Bonchev–Trinajstić information content (AvgIpc) is 2.99. The lowest BCUT2D eigenvalue weighted by Crippen LogP contribution is -2.30. The largest absolute Gasteiger partial charge is 0.339 e. The second-order valence-electron chi connectivity index (χ2n) is 7.52. The first-order chi connectivity index (χ1) is 13.7. The monoisotopic (exact) mass is 375 g/mol. The van der Waals surface area contributed by atoms with Crippen LogP contribution >= 0.6 is 0 Å². The van der Waals surface area contributed by atoms with Gasteiger partial charge in [-0.15, -0.1) is 0 Å². The maximum atomic E-state index is 12.7. The summed E-state index contributed by atoms with van der Waals surface area (Å²) in [5.74, 6) is 1.23. The van der Waals surface area contributed by atoms with Crippen LogP contribution in [-0.4, -0.2) is 34.8 Å². The Hall–Kier alpha value is -2.95. The maximum absolute atomic E-state index is 12.7. The lowest BCUT2D eigenvalue weighted by Gasteiger charge is -2.19. The highest BCUT2D eigenvalue weighted by atomic mass is 16.2. The van der Waals surface area contributed by atoms with Gasteiger partial charge in [-0.1, -0.05) is 30.3 Å². The van der Waals surface area contributed by atoms with E-state index in [1.807, 2.05) is 23.1 Å². The number of nitrogens with one attached hydrogen (secondary N) is 1. The Morgan fingerprint density at radius 1 is 1.14 bits per heavy atom. The van der Waals surface area contributed by atoms with Crippen molar-refractivity contribution in [2.75, 3.05) is 18.4 Å². The number of carbonyl (C=O) groups excluding carboxylic acids is 2. The Bertz CT molecular complexity index is 892. The van der Waals surface area contributed by atoms with Gasteiger partial charge in [-0.05, 0) is 60.4 Å². The van der Waals surface area contributed by atoms with E-state index in [2.05, 4.69) is 34.6 Å². The number of rotatable bonds is 3. The van der Waals surface area contributed by atoms with Crippen LogP contribution in [0.5, 0.6) is 0 Å². The molecule has 1 N–H and O–H groups in total. The van der Waals surface area contributed by atoms with Gasteiger partial charge in [0.2, 0.25) is 11.8 Å². The SMILES string of the molecule is O=C1CCc2cc(/C=C/C(=O)N3CCCC(c4ccccc4)CC3)cnc2N1. The molecule has 1 aromatic carbocycles. The van der Waals surface area contributed by atoms with Crippen LogP contribution in [0.3, 0.4) is 0 Å². The molecule has 2 aliphatic heterocycles. The summed E-state index contributed by atoms with van der Waals surface area (Å²) in [4.78, 5) is 30.3. The fourth-order valence-corrected chi connectivity index (χ4v) is 4.01. The Morgan fingerprint density at radius 2 is 2.00 bits per heavy atom. The molecule has 0 saturated carbocycles. The van der Waals surface area contributed by atoms with Crippen LogP contribution in [0.15, 0.2) is 48.7 Å². The number of pyridine rings is 1. The minimum Gasteiger partial charge on any atom is -0.339 e. The third-order valence-corrected chi connectivity index (χ3v) is 5.60. The molecular weight excluding hydrogens is 350 g/mol. The van der Waals surface area contributed by atoms with Crippen molar-refractivity contribution in [2.24, 2.45) is 0 Å². The summed E-state index contributed by atoms with van der Waals surface area (Å²) in [6, 6.07) is 12.6. The average molecular weight is 375 g/mol. The summed E-state index contributed by atoms with van der Waals surface area (Å²) in [6.07, 6.45) is 9.50. The molecule has 0 spiro atoms. The summed E-state index contributed by atoms with van der Waals surface area (Å²) >= 11 is 0. The lowest BCUT2D eigenvalue weighted by atomic mass is 9.92. The molecule has 28 heavy (non-hydrogen) atoms. The minimum absolute atomic E-state index is 0.00782. The molecule has 1 aromatic heterocycles. The van der Waals surface area contributed by atoms with Gasteiger partial charge >= 0.3 is 0 Å². The van der Waals surface area contributed by atoms with Crippen LogP contribution < -0.4 is 5.32 Å². The molecular formula is C23H25N3O2. The topological polar surface area (TPSA) is 62.3 Å². The molecule has 2 amide bonds. The molecule has 2 aliphatic rings. The van der Waals surface area contributed by atoms with Crippen LogP contribution in [0.1, 0.15) is 48.3 Å². The Labute approximate surface area is 165 Å². The molecule has 0 radical (unpaired) electrons. The first-order valence-corrected chi connectivity index (χ1v) is 10.00. The van der Waals surface area contributed by atoms with E-state index >= 15 is 0 Å². The van der Waals surface area contributed by atoms with Crippen molar-refractivity contribution in [3.8, 4) is 0 Å². The first-order valence-electron chi connectivity index (χ1n) is 10.00. The molecule has 1 atom stereocenters. The van der Waals surface area contributed by atoms with Crippen LogP contribution in [-0.2, 0) is 16.0 Å². The number of aromatic nitrogens is 1. The van der Waals surface area contributed by atoms with Gasteiger partial charge in [0.15, 0.2) is 0 Å². The zero-order valence-electron chi connectivity index (χ0n) is 15.9. The maximum Gasteiger partial charge on any atom is 0.246 e. The van der Waals surface area contributed by atoms with Crippen molar-refractivity contribution in [3.05, 3.63) is 65.4 Å². The second-order valence-corrected chi connectivity index (χ2v) is 7.52. The molecule has 4 rings (SSSR count). The number of hydrogen-bond donors (Lipinski definition) is 1. The number of amides is 2. The molecule has 144 valence electrons. The third-order valence-electron chi connectivity index (χ3n) is 5.60. The fourth-order valence-electron chi connectivity index (χ4n) is 4.01. The zero-order chi connectivity index (χ0) is 19.3. The predicted octanol–water partition coefficient (Wildman–Crippen LogP) is 3.78. The lowest BCUT2D eigenvalue weighted by molar-refractivity contribution is -0.126. The number of nitrogens with zero attached hydrogens (tertiary/aromatic N) is 2. The Morgan fingerprint density at radius 3 is 2.86 bits per heavy atom. The molecule has 1 fully saturated rings. The van der Waals surface area contributed by atoms with E-state index in [4.69, 9.17) is 0 Å². The van der Waals surface area contributed by atoms with Crippen molar-refractivity contribution >= 4 is 23.7 Å². The van der Waals surface area contributed by atoms with E-state index in [0.717, 1.165) is 43.5 Å². The summed E-state index contributed by atoms with van der Waals surface area (Å²) in [7, 11) is 0. The second kappa shape index (κ2) is 8.38. The number of aryl methyl sites for hydroxylation is 1. The van der Waals surface area contributed by atoms with E-state index in [9.17, 15) is 9.59 Å². The summed E-state index contributed by atoms with van der Waals surface area (Å²) < 4.78 is 0. The van der Waals surface area contributed by atoms with E-state index in [1.165, 1.54) is 5.56 Å². The van der Waals surface area contributed by atoms with Crippen molar-refractivity contribution in [3.63, 3.8) is 0 Å². The van der Waals surface area contributed by atoms with Crippen molar-refractivity contribution in [1.82, 2.24) is 9.88 Å². The summed E-state index contributed by atoms with van der Waals surface area (Å²) in [6.45, 7) is 1.60. The molecule has 3 heterocycles. The van der Waals surface area contributed by atoms with Gasteiger partial charge in [0.25, 0.3) is 0 Å². The summed E-state index contributed by atoms with van der Waals surface area (Å²) in [5, 5.41) is 2.78. The number of benzene rings is 1. The zero-order valence-corrected chi connectivity index (χ0v) is 15.9. The van der Waals surface area contributed by atoms with Crippen molar-refractivity contribution < 1.29 is 9.59 Å². The van der Waals surface area contributed by atoms with Gasteiger partial charge in [0.1, 0.15) is 5.82 Å². The van der Waals surface area contributed by atoms with Gasteiger partial charge in [-0.2, -0.15) is 0 Å². The number of hydrogen-bond acceptors (Lipinski definition) is 3. The smallest absolute Gasteiger partial charge is 0.246 e. The summed E-state index contributed by atoms with van der Waals surface area (Å²) in [5.41, 5.74) is 3.29. The van der Waals surface area contributed by atoms with Crippen molar-refractivity contribution in [1.29, 1.82) is 0 Å². The minimum atomic E-state index is 0.00782. The standard InChI is InChI=1S/C23H25N3O2/c27-21-10-9-20-15-17(16-24-23(20)25-21)8-11-22(28)26-13-4-7-19(12-14-26)18-5-2-1-3-6-18/h1-3,5-6,8,11,15-16,19H,4,7,9-10,12-14H2,(H,24,25,27)/b11-8+. The molecule has 1 unspecified atom stereocenters. The molecule has 2 aromatic rings. The highest BCUT2D eigenvalue weighted by molar-refractivity contribution is 5.93. The van der Waals surface area contributed by atoms with Crippen LogP contribution in [0, 0.1) is 0 Å². The number of anilines is 1. The first kappa shape index (κ1) is 18.4. The van der Waals surface area contributed by atoms with Gasteiger partial charge in [0.05, 0.1) is 0 Å². The normalized spacial score (nSPS) is 19.8. The van der Waals surface area contributed by atoms with E-state index < -0.39 is 0 Å². The van der Waals surface area contributed by atoms with Crippen LogP contribution in [0.2, 0.25) is 0 Å². The van der Waals surface area contributed by atoms with Crippen LogP contribution in [0.25, 0.3) is 6.08 Å². The molecule has 0 bridgehead atoms. The Balaban J connectivity index is 1.38. The highest BCUT2D eigenvalue weighted by Crippen LogP contribution is 2.28. The molecule has 0 aliphatic carbocycles. The predicted molar refractivity (Wildman–Crippen MR) is 110 cm³/mol. The van der Waals surface area contributed by atoms with E-state index in [0.29, 0.717) is 24.6 Å². The molecule has 5 heteroatoms. The van der Waals surface area contributed by atoms with E-state index in [1.54, 1.807) is 12.3 Å².